The van der Waals surface area contributed by atoms with Crippen LogP contribution >= 0.6 is 0 Å². The molecule has 0 aliphatic rings. The molecule has 0 spiro atoms. The second-order valence-corrected chi connectivity index (χ2v) is 12.8. The van der Waals surface area contributed by atoms with Crippen LogP contribution < -0.4 is 0 Å². The molecule has 82 valence electrons. The van der Waals surface area contributed by atoms with Crippen molar-refractivity contribution in [1.29, 1.82) is 0 Å². The average molecular weight is 261 g/mol. The minimum absolute atomic E-state index is 0.287. The SMILES string of the molecule is C=[C](C(C)(C)OC(C)=O)[Ge]([CH3])([CH3])[O]C. The summed E-state index contributed by atoms with van der Waals surface area (Å²) in [5, 5.41) is 0. The third-order valence-corrected chi connectivity index (χ3v) is 8.82. The van der Waals surface area contributed by atoms with Crippen LogP contribution in [0, 0.1) is 0 Å². The zero-order valence-corrected chi connectivity index (χ0v) is 12.0. The van der Waals surface area contributed by atoms with Crippen LogP contribution in [0.1, 0.15) is 20.8 Å². The van der Waals surface area contributed by atoms with Gasteiger partial charge in [0.2, 0.25) is 0 Å². The van der Waals surface area contributed by atoms with Crippen LogP contribution in [-0.4, -0.2) is 32.3 Å². The molecule has 0 aromatic carbocycles. The van der Waals surface area contributed by atoms with Gasteiger partial charge >= 0.3 is 88.8 Å². The van der Waals surface area contributed by atoms with Gasteiger partial charge in [0.25, 0.3) is 0 Å². The van der Waals surface area contributed by atoms with E-state index in [0.29, 0.717) is 0 Å². The molecule has 0 rings (SSSR count). The van der Waals surface area contributed by atoms with Crippen molar-refractivity contribution in [2.24, 2.45) is 0 Å². The Morgan fingerprint density at radius 2 is 1.79 bits per heavy atom. The fourth-order valence-corrected chi connectivity index (χ4v) is 4.94. The molecule has 0 aliphatic heterocycles. The molecular formula is C10H20GeO3. The molecule has 14 heavy (non-hydrogen) atoms. The van der Waals surface area contributed by atoms with Gasteiger partial charge in [0.15, 0.2) is 0 Å². The van der Waals surface area contributed by atoms with Crippen LogP contribution in [0.5, 0.6) is 0 Å². The van der Waals surface area contributed by atoms with Gasteiger partial charge < -0.3 is 0 Å². The Balaban J connectivity index is 4.75. The molecule has 0 fully saturated rings. The van der Waals surface area contributed by atoms with Gasteiger partial charge in [-0.25, -0.2) is 0 Å². The summed E-state index contributed by atoms with van der Waals surface area (Å²) >= 11 is -2.46. The van der Waals surface area contributed by atoms with E-state index in [1.54, 1.807) is 7.11 Å². The minimum atomic E-state index is -2.46. The summed E-state index contributed by atoms with van der Waals surface area (Å²) in [7, 11) is 1.69. The van der Waals surface area contributed by atoms with Gasteiger partial charge in [-0.05, 0) is 0 Å². The summed E-state index contributed by atoms with van der Waals surface area (Å²) in [5.41, 5.74) is -0.620. The second-order valence-electron chi connectivity index (χ2n) is 4.30. The van der Waals surface area contributed by atoms with Crippen molar-refractivity contribution >= 4 is 19.6 Å². The average Bonchev–Trinajstić information content (AvgIpc) is 2.00. The Morgan fingerprint density at radius 3 is 2.07 bits per heavy atom. The topological polar surface area (TPSA) is 35.5 Å². The zero-order valence-electron chi connectivity index (χ0n) is 9.93. The first-order chi connectivity index (χ1) is 6.13. The number of rotatable bonds is 4. The van der Waals surface area contributed by atoms with Crippen LogP contribution in [0.15, 0.2) is 11.0 Å². The standard InChI is InChI=1S/C10H20GeO3/c1-8(11(5,6)13-7)10(3,4)14-9(2)12/h1H2,2-7H3. The van der Waals surface area contributed by atoms with Crippen LogP contribution in [0.2, 0.25) is 11.5 Å². The maximum absolute atomic E-state index is 10.9. The van der Waals surface area contributed by atoms with Crippen molar-refractivity contribution in [2.45, 2.75) is 37.9 Å². The fourth-order valence-electron chi connectivity index (χ4n) is 1.27. The number of carbonyl (C=O) groups is 1. The number of hydrogen-bond donors (Lipinski definition) is 0. The monoisotopic (exact) mass is 262 g/mol. The first-order valence-electron chi connectivity index (χ1n) is 4.58. The van der Waals surface area contributed by atoms with E-state index >= 15 is 0 Å². The molecule has 0 aromatic rings. The van der Waals surface area contributed by atoms with Gasteiger partial charge in [-0.2, -0.15) is 0 Å². The molecule has 0 saturated carbocycles. The molecule has 0 N–H and O–H groups in total. The van der Waals surface area contributed by atoms with Crippen molar-refractivity contribution < 1.29 is 13.3 Å². The predicted octanol–water partition coefficient (Wildman–Crippen LogP) is 2.28. The molecule has 0 amide bonds. The normalized spacial score (nSPS) is 12.4. The van der Waals surface area contributed by atoms with E-state index in [-0.39, 0.29) is 5.97 Å². The summed E-state index contributed by atoms with van der Waals surface area (Å²) in [6.45, 7) is 9.11. The quantitative estimate of drug-likeness (QED) is 0.575. The second kappa shape index (κ2) is 4.49. The van der Waals surface area contributed by atoms with E-state index in [1.165, 1.54) is 6.92 Å². The van der Waals surface area contributed by atoms with Crippen LogP contribution in [0.4, 0.5) is 0 Å². The molecule has 0 saturated heterocycles. The maximum atomic E-state index is 10.9. The predicted molar refractivity (Wildman–Crippen MR) is 59.5 cm³/mol. The molecule has 0 radical (unpaired) electrons. The molecule has 0 aliphatic carbocycles. The molecule has 4 heteroatoms. The molecule has 0 heterocycles. The van der Waals surface area contributed by atoms with Crippen molar-refractivity contribution in [3.8, 4) is 0 Å². The van der Waals surface area contributed by atoms with Gasteiger partial charge in [0, 0.05) is 0 Å². The Labute approximate surface area is 89.2 Å². The van der Waals surface area contributed by atoms with Crippen LogP contribution in [-0.2, 0) is 13.3 Å². The van der Waals surface area contributed by atoms with E-state index < -0.39 is 19.2 Å². The number of hydrogen-bond acceptors (Lipinski definition) is 3. The Hall–Kier alpha value is -0.287. The van der Waals surface area contributed by atoms with Gasteiger partial charge in [-0.3, -0.25) is 0 Å². The van der Waals surface area contributed by atoms with Gasteiger partial charge in [-0.15, -0.1) is 0 Å². The van der Waals surface area contributed by atoms with E-state index in [2.05, 4.69) is 18.1 Å². The van der Waals surface area contributed by atoms with Crippen LogP contribution in [0.25, 0.3) is 0 Å². The summed E-state index contributed by atoms with van der Waals surface area (Å²) in [6.07, 6.45) is 0. The number of esters is 1. The van der Waals surface area contributed by atoms with Crippen molar-refractivity contribution in [3.05, 3.63) is 11.0 Å². The third kappa shape index (κ3) is 3.46. The van der Waals surface area contributed by atoms with E-state index in [4.69, 9.17) is 8.50 Å². The van der Waals surface area contributed by atoms with Crippen molar-refractivity contribution in [1.82, 2.24) is 0 Å². The van der Waals surface area contributed by atoms with Gasteiger partial charge in [0.05, 0.1) is 0 Å². The Kier molecular flexibility index (Phi) is 4.40. The van der Waals surface area contributed by atoms with E-state index in [1.807, 2.05) is 13.8 Å². The van der Waals surface area contributed by atoms with Gasteiger partial charge in [0.1, 0.15) is 0 Å². The number of carbonyl (C=O) groups excluding carboxylic acids is 1. The first-order valence-corrected chi connectivity index (χ1v) is 10.7. The van der Waals surface area contributed by atoms with E-state index in [0.717, 1.165) is 4.41 Å². The van der Waals surface area contributed by atoms with Crippen LogP contribution in [0.3, 0.4) is 0 Å². The zero-order chi connectivity index (χ0) is 11.6. The summed E-state index contributed by atoms with van der Waals surface area (Å²) in [4.78, 5) is 10.9. The first kappa shape index (κ1) is 13.7. The van der Waals surface area contributed by atoms with Crippen molar-refractivity contribution in [3.63, 3.8) is 0 Å². The number of ether oxygens (including phenoxy) is 1. The summed E-state index contributed by atoms with van der Waals surface area (Å²) in [5.74, 6) is 3.87. The Morgan fingerprint density at radius 1 is 1.36 bits per heavy atom. The third-order valence-electron chi connectivity index (χ3n) is 2.36. The summed E-state index contributed by atoms with van der Waals surface area (Å²) in [6, 6.07) is 0. The summed E-state index contributed by atoms with van der Waals surface area (Å²) < 4.78 is 11.6. The molecule has 0 atom stereocenters. The Bertz CT molecular complexity index is 244. The fraction of sp³-hybridized carbons (Fsp3) is 0.700. The molecule has 0 aromatic heterocycles. The molecular weight excluding hydrogens is 241 g/mol. The molecule has 3 nitrogen and oxygen atoms in total. The van der Waals surface area contributed by atoms with Crippen molar-refractivity contribution in [2.75, 3.05) is 7.11 Å². The molecule has 0 bridgehead atoms. The molecule has 0 unspecified atom stereocenters. The van der Waals surface area contributed by atoms with E-state index in [9.17, 15) is 4.79 Å². The van der Waals surface area contributed by atoms with Gasteiger partial charge in [-0.1, -0.05) is 0 Å².